The molecule has 0 aliphatic carbocycles. The van der Waals surface area contributed by atoms with Crippen LogP contribution >= 0.6 is 0 Å². The molecule has 1 aromatic carbocycles. The van der Waals surface area contributed by atoms with Crippen molar-refractivity contribution >= 4 is 5.97 Å². The van der Waals surface area contributed by atoms with E-state index in [-0.39, 0.29) is 6.04 Å². The fourth-order valence-corrected chi connectivity index (χ4v) is 1.69. The smallest absolute Gasteiger partial charge is 0.320 e. The van der Waals surface area contributed by atoms with Crippen LogP contribution < -0.4 is 17.2 Å². The molecule has 0 aliphatic heterocycles. The molecule has 0 fully saturated rings. The average Bonchev–Trinajstić information content (AvgIpc) is 2.36. The molecular weight excluding hydrogens is 242 g/mol. The first kappa shape index (κ1) is 15.2. The average molecular weight is 263 g/mol. The molecule has 5 heteroatoms. The zero-order valence-corrected chi connectivity index (χ0v) is 11.0. The van der Waals surface area contributed by atoms with E-state index in [1.807, 2.05) is 37.3 Å². The number of nitrogens with two attached hydrogens (primary N) is 3. The highest BCUT2D eigenvalue weighted by Crippen LogP contribution is 2.16. The summed E-state index contributed by atoms with van der Waals surface area (Å²) in [4.78, 5) is 10.7. The molecule has 0 heterocycles. The van der Waals surface area contributed by atoms with Crippen LogP contribution in [0.25, 0.3) is 0 Å². The number of carboxylic acids is 1. The van der Waals surface area contributed by atoms with Crippen LogP contribution in [0, 0.1) is 0 Å². The molecule has 2 atom stereocenters. The minimum Gasteiger partial charge on any atom is -0.480 e. The molecule has 0 bridgehead atoms. The molecule has 1 rings (SSSR count). The number of carbonyl (C=O) groups is 1. The van der Waals surface area contributed by atoms with Gasteiger partial charge in [0.15, 0.2) is 0 Å². The number of aliphatic carboxylic acids is 1. The first-order chi connectivity index (χ1) is 8.90. The maximum absolute atomic E-state index is 10.7. The third-order valence-electron chi connectivity index (χ3n) is 2.87. The Balaban J connectivity index is 2.65. The van der Waals surface area contributed by atoms with Gasteiger partial charge in [-0.1, -0.05) is 30.3 Å². The molecule has 104 valence electrons. The Morgan fingerprint density at radius 1 is 1.32 bits per heavy atom. The van der Waals surface area contributed by atoms with Crippen molar-refractivity contribution in [2.24, 2.45) is 17.2 Å². The van der Waals surface area contributed by atoms with E-state index in [9.17, 15) is 4.79 Å². The van der Waals surface area contributed by atoms with Gasteiger partial charge in [0, 0.05) is 11.7 Å². The van der Waals surface area contributed by atoms with Gasteiger partial charge >= 0.3 is 5.97 Å². The number of carboxylic acid groups (broad SMARTS) is 1. The lowest BCUT2D eigenvalue weighted by atomic mass is 10.00. The number of benzene rings is 1. The molecule has 0 amide bonds. The van der Waals surface area contributed by atoms with Crippen LogP contribution in [0.2, 0.25) is 0 Å². The Labute approximate surface area is 113 Å². The first-order valence-electron chi connectivity index (χ1n) is 6.15. The van der Waals surface area contributed by atoms with Crippen LogP contribution in [0.4, 0.5) is 0 Å². The van der Waals surface area contributed by atoms with Crippen molar-refractivity contribution in [2.45, 2.75) is 31.8 Å². The standard InChI is InChI=1S/C14H21N3O2/c1-9(15)2-7-12(16)11-5-3-10(4-6-11)8-13(17)14(18)19/h2-6,12-13H,7-8,15-17H2,1H3,(H,18,19). The van der Waals surface area contributed by atoms with E-state index >= 15 is 0 Å². The molecule has 0 radical (unpaired) electrons. The van der Waals surface area contributed by atoms with Crippen molar-refractivity contribution in [1.29, 1.82) is 0 Å². The molecule has 0 spiro atoms. The third-order valence-corrected chi connectivity index (χ3v) is 2.87. The van der Waals surface area contributed by atoms with Gasteiger partial charge in [-0.3, -0.25) is 4.79 Å². The molecule has 2 unspecified atom stereocenters. The molecule has 0 saturated heterocycles. The summed E-state index contributed by atoms with van der Waals surface area (Å²) in [6, 6.07) is 6.53. The summed E-state index contributed by atoms with van der Waals surface area (Å²) in [5, 5.41) is 8.74. The summed E-state index contributed by atoms with van der Waals surface area (Å²) >= 11 is 0. The summed E-state index contributed by atoms with van der Waals surface area (Å²) in [6.45, 7) is 1.82. The van der Waals surface area contributed by atoms with E-state index in [0.29, 0.717) is 12.8 Å². The monoisotopic (exact) mass is 263 g/mol. The quantitative estimate of drug-likeness (QED) is 0.608. The van der Waals surface area contributed by atoms with E-state index in [1.165, 1.54) is 0 Å². The second-order valence-electron chi connectivity index (χ2n) is 4.68. The molecule has 0 saturated carbocycles. The van der Waals surface area contributed by atoms with Gasteiger partial charge in [-0.2, -0.15) is 0 Å². The maximum atomic E-state index is 10.7. The Morgan fingerprint density at radius 2 is 1.89 bits per heavy atom. The fourth-order valence-electron chi connectivity index (χ4n) is 1.69. The van der Waals surface area contributed by atoms with Crippen molar-refractivity contribution in [2.75, 3.05) is 0 Å². The zero-order valence-electron chi connectivity index (χ0n) is 11.0. The number of hydrogen-bond donors (Lipinski definition) is 4. The van der Waals surface area contributed by atoms with Crippen molar-refractivity contribution in [3.63, 3.8) is 0 Å². The Bertz CT molecular complexity index is 450. The fraction of sp³-hybridized carbons (Fsp3) is 0.357. The molecule has 7 N–H and O–H groups in total. The van der Waals surface area contributed by atoms with Crippen LogP contribution in [0.15, 0.2) is 36.0 Å². The topological polar surface area (TPSA) is 115 Å². The summed E-state index contributed by atoms with van der Waals surface area (Å²) in [6.07, 6.45) is 2.88. The molecule has 0 aromatic heterocycles. The van der Waals surface area contributed by atoms with Crippen LogP contribution in [0.3, 0.4) is 0 Å². The summed E-state index contributed by atoms with van der Waals surface area (Å²) in [5.41, 5.74) is 19.7. The summed E-state index contributed by atoms with van der Waals surface area (Å²) < 4.78 is 0. The van der Waals surface area contributed by atoms with Crippen molar-refractivity contribution in [3.05, 3.63) is 47.2 Å². The van der Waals surface area contributed by atoms with Gasteiger partial charge < -0.3 is 22.3 Å². The van der Waals surface area contributed by atoms with Crippen molar-refractivity contribution in [3.8, 4) is 0 Å². The Morgan fingerprint density at radius 3 is 2.37 bits per heavy atom. The van der Waals surface area contributed by atoms with Gasteiger partial charge in [-0.05, 0) is 30.9 Å². The largest absolute Gasteiger partial charge is 0.480 e. The first-order valence-corrected chi connectivity index (χ1v) is 6.15. The molecule has 19 heavy (non-hydrogen) atoms. The Kier molecular flexibility index (Phi) is 5.54. The van der Waals surface area contributed by atoms with Crippen LogP contribution in [-0.2, 0) is 11.2 Å². The SMILES string of the molecule is CC(N)=CCC(N)c1ccc(CC(N)C(=O)O)cc1. The van der Waals surface area contributed by atoms with Crippen molar-refractivity contribution < 1.29 is 9.90 Å². The maximum Gasteiger partial charge on any atom is 0.320 e. The third kappa shape index (κ3) is 5.11. The lowest BCUT2D eigenvalue weighted by Crippen LogP contribution is -2.32. The zero-order chi connectivity index (χ0) is 14.4. The lowest BCUT2D eigenvalue weighted by molar-refractivity contribution is -0.138. The predicted molar refractivity (Wildman–Crippen MR) is 75.2 cm³/mol. The minimum atomic E-state index is -0.996. The summed E-state index contributed by atoms with van der Waals surface area (Å²) in [5.74, 6) is -0.996. The van der Waals surface area contributed by atoms with E-state index in [4.69, 9.17) is 22.3 Å². The highest BCUT2D eigenvalue weighted by Gasteiger charge is 2.12. The normalized spacial score (nSPS) is 15.0. The second kappa shape index (κ2) is 6.92. The predicted octanol–water partition coefficient (Wildman–Crippen LogP) is 0.893. The number of allylic oxidation sites excluding steroid dienone is 1. The highest BCUT2D eigenvalue weighted by molar-refractivity contribution is 5.73. The van der Waals surface area contributed by atoms with E-state index in [0.717, 1.165) is 16.8 Å². The number of hydrogen-bond acceptors (Lipinski definition) is 4. The Hall–Kier alpha value is -1.85. The van der Waals surface area contributed by atoms with Crippen LogP contribution in [0.5, 0.6) is 0 Å². The van der Waals surface area contributed by atoms with E-state index in [2.05, 4.69) is 0 Å². The highest BCUT2D eigenvalue weighted by atomic mass is 16.4. The molecule has 5 nitrogen and oxygen atoms in total. The van der Waals surface area contributed by atoms with Gasteiger partial charge in [0.05, 0.1) is 0 Å². The van der Waals surface area contributed by atoms with Gasteiger partial charge in [0.1, 0.15) is 6.04 Å². The van der Waals surface area contributed by atoms with E-state index < -0.39 is 12.0 Å². The van der Waals surface area contributed by atoms with Gasteiger partial charge in [0.2, 0.25) is 0 Å². The van der Waals surface area contributed by atoms with E-state index in [1.54, 1.807) is 0 Å². The van der Waals surface area contributed by atoms with Gasteiger partial charge in [-0.15, -0.1) is 0 Å². The molecule has 1 aromatic rings. The lowest BCUT2D eigenvalue weighted by Gasteiger charge is -2.12. The van der Waals surface area contributed by atoms with Crippen molar-refractivity contribution in [1.82, 2.24) is 0 Å². The summed E-state index contributed by atoms with van der Waals surface area (Å²) in [7, 11) is 0. The van der Waals surface area contributed by atoms with Crippen LogP contribution in [0.1, 0.15) is 30.5 Å². The molecular formula is C14H21N3O2. The minimum absolute atomic E-state index is 0.110. The molecule has 0 aliphatic rings. The van der Waals surface area contributed by atoms with Gasteiger partial charge in [-0.25, -0.2) is 0 Å². The number of rotatable bonds is 6. The van der Waals surface area contributed by atoms with Crippen LogP contribution in [-0.4, -0.2) is 17.1 Å². The second-order valence-corrected chi connectivity index (χ2v) is 4.68. The van der Waals surface area contributed by atoms with Gasteiger partial charge in [0.25, 0.3) is 0 Å².